The number of rotatable bonds is 7. The smallest absolute Gasteiger partial charge is 0.235 e. The predicted octanol–water partition coefficient (Wildman–Crippen LogP) is 17.9. The molecule has 330 valence electrons. The molecular weight excluding hydrogens is 869 g/mol. The number of hydrogen-bond donors (Lipinski definition) is 0. The van der Waals surface area contributed by atoms with Crippen molar-refractivity contribution in [1.82, 2.24) is 14.5 Å². The van der Waals surface area contributed by atoms with Gasteiger partial charge in [-0.15, -0.1) is 11.3 Å². The first-order chi connectivity index (χ1) is 34.5. The second kappa shape index (κ2) is 15.7. The Morgan fingerprint density at radius 3 is 1.73 bits per heavy atom. The molecule has 0 spiro atoms. The normalized spacial score (nSPS) is 12.8. The van der Waals surface area contributed by atoms with E-state index < -0.39 is 0 Å². The second-order valence-corrected chi connectivity index (χ2v) is 19.9. The zero-order valence-corrected chi connectivity index (χ0v) is 39.5. The standard InChI is InChI=1S/C65H44N4S/c1-65(2)53-27-15-14-25-49(53)50-35-34-47(39-54(50)65)68(46-32-29-42(30-33-46)41-17-6-3-7-18-41)59-28-16-26-51-52-36-38-58-61(63(52)70-62(51)59)60-48-24-13-12-19-43(48)31-37-57(60)69(58)64-66-55(44-20-8-4-9-21-44)40-56(67-64)45-22-10-5-11-23-45/h3-40H,1-2H3. The van der Waals surface area contributed by atoms with Gasteiger partial charge in [0.2, 0.25) is 5.95 Å². The molecule has 0 amide bonds. The molecular formula is C65H44N4S. The Bertz CT molecular complexity index is 4130. The highest BCUT2D eigenvalue weighted by Gasteiger charge is 2.36. The van der Waals surface area contributed by atoms with Crippen molar-refractivity contribution in [3.63, 3.8) is 0 Å². The Kier molecular flexibility index (Phi) is 9.07. The van der Waals surface area contributed by atoms with Crippen molar-refractivity contribution in [2.75, 3.05) is 4.90 Å². The van der Waals surface area contributed by atoms with Gasteiger partial charge in [-0.1, -0.05) is 196 Å². The Balaban J connectivity index is 1.03. The molecule has 4 nitrogen and oxygen atoms in total. The molecule has 0 atom stereocenters. The van der Waals surface area contributed by atoms with Crippen LogP contribution in [0.25, 0.3) is 103 Å². The molecule has 0 radical (unpaired) electrons. The summed E-state index contributed by atoms with van der Waals surface area (Å²) in [5.74, 6) is 0.642. The van der Waals surface area contributed by atoms with Gasteiger partial charge in [-0.25, -0.2) is 9.97 Å². The maximum atomic E-state index is 5.40. The van der Waals surface area contributed by atoms with E-state index in [1.165, 1.54) is 75.1 Å². The van der Waals surface area contributed by atoms with Crippen molar-refractivity contribution in [2.24, 2.45) is 0 Å². The minimum atomic E-state index is -0.150. The van der Waals surface area contributed by atoms with E-state index in [2.05, 4.69) is 254 Å². The van der Waals surface area contributed by atoms with Crippen LogP contribution < -0.4 is 4.90 Å². The van der Waals surface area contributed by atoms with Crippen LogP contribution in [0.3, 0.4) is 0 Å². The van der Waals surface area contributed by atoms with E-state index in [1.54, 1.807) is 0 Å². The van der Waals surface area contributed by atoms with Gasteiger partial charge in [0, 0.05) is 54.2 Å². The number of hydrogen-bond acceptors (Lipinski definition) is 4. The third kappa shape index (κ3) is 6.22. The average Bonchev–Trinajstić information content (AvgIpc) is 4.05. The van der Waals surface area contributed by atoms with Gasteiger partial charge in [0.1, 0.15) is 0 Å². The topological polar surface area (TPSA) is 34.0 Å². The third-order valence-electron chi connectivity index (χ3n) is 14.6. The molecule has 0 aliphatic heterocycles. The first-order valence-electron chi connectivity index (χ1n) is 24.0. The van der Waals surface area contributed by atoms with Crippen molar-refractivity contribution < 1.29 is 0 Å². The summed E-state index contributed by atoms with van der Waals surface area (Å²) in [5, 5.41) is 7.28. The summed E-state index contributed by atoms with van der Waals surface area (Å²) in [5.41, 5.74) is 17.0. The van der Waals surface area contributed by atoms with E-state index in [-0.39, 0.29) is 5.41 Å². The van der Waals surface area contributed by atoms with Gasteiger partial charge in [0.25, 0.3) is 0 Å². The maximum absolute atomic E-state index is 5.40. The van der Waals surface area contributed by atoms with Crippen LogP contribution in [0.15, 0.2) is 231 Å². The van der Waals surface area contributed by atoms with Gasteiger partial charge in [-0.05, 0) is 92.7 Å². The third-order valence-corrected chi connectivity index (χ3v) is 15.9. The summed E-state index contributed by atoms with van der Waals surface area (Å²) in [6.45, 7) is 4.73. The molecule has 0 saturated carbocycles. The first kappa shape index (κ1) is 40.4. The van der Waals surface area contributed by atoms with E-state index in [0.29, 0.717) is 5.95 Å². The van der Waals surface area contributed by atoms with Gasteiger partial charge >= 0.3 is 0 Å². The molecule has 1 aliphatic carbocycles. The lowest BCUT2D eigenvalue weighted by Gasteiger charge is -2.28. The monoisotopic (exact) mass is 912 g/mol. The number of aromatic nitrogens is 3. The predicted molar refractivity (Wildman–Crippen MR) is 295 cm³/mol. The average molecular weight is 913 g/mol. The van der Waals surface area contributed by atoms with Gasteiger partial charge in [0.15, 0.2) is 0 Å². The van der Waals surface area contributed by atoms with Crippen LogP contribution >= 0.6 is 11.3 Å². The highest BCUT2D eigenvalue weighted by Crippen LogP contribution is 2.53. The number of fused-ring (bicyclic) bond motifs is 12. The molecule has 1 aliphatic rings. The molecule has 0 unspecified atom stereocenters. The molecule has 14 rings (SSSR count). The van der Waals surface area contributed by atoms with E-state index >= 15 is 0 Å². The molecule has 0 fully saturated rings. The number of anilines is 3. The quantitative estimate of drug-likeness (QED) is 0.160. The van der Waals surface area contributed by atoms with Crippen LogP contribution in [-0.2, 0) is 5.41 Å². The molecule has 3 aromatic heterocycles. The largest absolute Gasteiger partial charge is 0.309 e. The summed E-state index contributed by atoms with van der Waals surface area (Å²) in [7, 11) is 0. The van der Waals surface area contributed by atoms with Crippen LogP contribution in [0.4, 0.5) is 17.1 Å². The maximum Gasteiger partial charge on any atom is 0.235 e. The van der Waals surface area contributed by atoms with Crippen molar-refractivity contribution >= 4 is 81.1 Å². The highest BCUT2D eigenvalue weighted by atomic mass is 32.1. The molecule has 3 heterocycles. The van der Waals surface area contributed by atoms with Gasteiger partial charge in [-0.3, -0.25) is 4.57 Å². The Morgan fingerprint density at radius 2 is 0.986 bits per heavy atom. The lowest BCUT2D eigenvalue weighted by atomic mass is 9.82. The minimum absolute atomic E-state index is 0.150. The second-order valence-electron chi connectivity index (χ2n) is 18.9. The fraction of sp³-hybridized carbons (Fsp3) is 0.0462. The Labute approximate surface area is 410 Å². The van der Waals surface area contributed by atoms with Crippen LogP contribution in [0.5, 0.6) is 0 Å². The summed E-state index contributed by atoms with van der Waals surface area (Å²) in [6, 6.07) is 83.5. The van der Waals surface area contributed by atoms with E-state index in [0.717, 1.165) is 50.6 Å². The molecule has 5 heteroatoms. The van der Waals surface area contributed by atoms with E-state index in [1.807, 2.05) is 11.3 Å². The zero-order valence-electron chi connectivity index (χ0n) is 38.6. The Hall–Kier alpha value is -8.64. The fourth-order valence-corrected chi connectivity index (χ4v) is 12.6. The zero-order chi connectivity index (χ0) is 46.5. The summed E-state index contributed by atoms with van der Waals surface area (Å²) in [4.78, 5) is 13.3. The number of benzene rings is 10. The number of thiophene rings is 1. The molecule has 13 aromatic rings. The van der Waals surface area contributed by atoms with Gasteiger partial charge in [-0.2, -0.15) is 0 Å². The summed E-state index contributed by atoms with van der Waals surface area (Å²) in [6.07, 6.45) is 0. The summed E-state index contributed by atoms with van der Waals surface area (Å²) < 4.78 is 4.77. The minimum Gasteiger partial charge on any atom is -0.309 e. The lowest BCUT2D eigenvalue weighted by Crippen LogP contribution is -2.16. The van der Waals surface area contributed by atoms with Crippen LogP contribution in [0, 0.1) is 0 Å². The molecule has 0 N–H and O–H groups in total. The van der Waals surface area contributed by atoms with Crippen molar-refractivity contribution in [3.05, 3.63) is 242 Å². The summed E-state index contributed by atoms with van der Waals surface area (Å²) >= 11 is 1.89. The SMILES string of the molecule is CC1(C)c2ccccc2-c2ccc(N(c3ccc(-c4ccccc4)cc3)c3cccc4c3sc3c4ccc4c3c3c5ccccc5ccc3n4-c3nc(-c4ccccc4)cc(-c4ccccc4)n3)cc21. The molecule has 10 aromatic carbocycles. The molecule has 0 bridgehead atoms. The van der Waals surface area contributed by atoms with Crippen LogP contribution in [0.2, 0.25) is 0 Å². The molecule has 0 saturated heterocycles. The Morgan fingerprint density at radius 1 is 0.414 bits per heavy atom. The fourth-order valence-electron chi connectivity index (χ4n) is 11.2. The van der Waals surface area contributed by atoms with Crippen molar-refractivity contribution in [3.8, 4) is 50.7 Å². The van der Waals surface area contributed by atoms with Crippen LogP contribution in [-0.4, -0.2) is 14.5 Å². The first-order valence-corrected chi connectivity index (χ1v) is 24.8. The van der Waals surface area contributed by atoms with Crippen molar-refractivity contribution in [2.45, 2.75) is 19.3 Å². The van der Waals surface area contributed by atoms with Gasteiger partial charge in [0.05, 0.1) is 32.8 Å². The lowest BCUT2D eigenvalue weighted by molar-refractivity contribution is 0.660. The highest BCUT2D eigenvalue weighted by molar-refractivity contribution is 7.27. The van der Waals surface area contributed by atoms with E-state index in [4.69, 9.17) is 9.97 Å². The number of nitrogens with zero attached hydrogens (tertiary/aromatic N) is 4. The van der Waals surface area contributed by atoms with E-state index in [9.17, 15) is 0 Å². The van der Waals surface area contributed by atoms with Crippen LogP contribution in [0.1, 0.15) is 25.0 Å². The van der Waals surface area contributed by atoms with Gasteiger partial charge < -0.3 is 4.90 Å². The van der Waals surface area contributed by atoms with Crippen molar-refractivity contribution in [1.29, 1.82) is 0 Å². The molecule has 70 heavy (non-hydrogen) atoms.